The van der Waals surface area contributed by atoms with Gasteiger partial charge in [0.15, 0.2) is 0 Å². The number of aliphatic carboxylic acids is 1. The maximum atomic E-state index is 10.6. The molecule has 0 spiro atoms. The summed E-state index contributed by atoms with van der Waals surface area (Å²) in [6, 6.07) is 13.4. The second kappa shape index (κ2) is 9.82. The second-order valence-corrected chi connectivity index (χ2v) is 7.21. The van der Waals surface area contributed by atoms with Crippen LogP contribution in [0.4, 0.5) is 13.2 Å². The van der Waals surface area contributed by atoms with E-state index in [2.05, 4.69) is 9.88 Å². The number of pyridine rings is 1. The normalized spacial score (nSPS) is 14.4. The van der Waals surface area contributed by atoms with Gasteiger partial charge in [-0.2, -0.15) is 13.2 Å². The Labute approximate surface area is 176 Å². The highest BCUT2D eigenvalue weighted by Crippen LogP contribution is 2.33. The molecule has 2 N–H and O–H groups in total. The summed E-state index contributed by atoms with van der Waals surface area (Å²) in [7, 11) is 0. The van der Waals surface area contributed by atoms with Crippen LogP contribution in [0.25, 0.3) is 21.8 Å². The fourth-order valence-corrected chi connectivity index (χ4v) is 3.42. The van der Waals surface area contributed by atoms with Gasteiger partial charge in [-0.3, -0.25) is 0 Å². The summed E-state index contributed by atoms with van der Waals surface area (Å²) in [5, 5.41) is 19.1. The van der Waals surface area contributed by atoms with Crippen molar-refractivity contribution in [2.75, 3.05) is 26.2 Å². The molecule has 0 unspecified atom stereocenters. The van der Waals surface area contributed by atoms with E-state index in [-0.39, 0.29) is 5.75 Å². The smallest absolute Gasteiger partial charge is 0.490 e. The lowest BCUT2D eigenvalue weighted by Crippen LogP contribution is -2.21. The number of para-hydroxylation sites is 1. The molecule has 0 atom stereocenters. The number of hydrogen-bond donors (Lipinski definition) is 2. The Hall–Kier alpha value is -3.07. The molecule has 0 aliphatic carbocycles. The number of aromatic nitrogens is 1. The number of alkyl halides is 3. The topological polar surface area (TPSA) is 82.9 Å². The van der Waals surface area contributed by atoms with Gasteiger partial charge in [0.2, 0.25) is 0 Å². The van der Waals surface area contributed by atoms with Crippen LogP contribution in [-0.4, -0.2) is 58.5 Å². The largest absolute Gasteiger partial charge is 0.507 e. The molecular weight excluding hydrogens is 413 g/mol. The summed E-state index contributed by atoms with van der Waals surface area (Å²) in [5.41, 5.74) is 1.57. The van der Waals surface area contributed by atoms with Crippen molar-refractivity contribution in [2.24, 2.45) is 0 Å². The summed E-state index contributed by atoms with van der Waals surface area (Å²) in [6.07, 6.45) is -1.39. The standard InChI is InChI=1S/C20H22N2O2.C2HF3O2/c23-20-16-6-1-2-7-18(16)21-19-14-15(8-9-17(19)20)24-13-5-12-22-10-3-4-11-22;3-2(4,5)1(6)7/h1-2,6-9,14H,3-5,10-13H2,(H,21,23);(H,6,7). The van der Waals surface area contributed by atoms with Gasteiger partial charge in [-0.1, -0.05) is 12.1 Å². The van der Waals surface area contributed by atoms with Gasteiger partial charge in [0, 0.05) is 23.4 Å². The van der Waals surface area contributed by atoms with Gasteiger partial charge in [0.05, 0.1) is 17.6 Å². The number of benzene rings is 2. The van der Waals surface area contributed by atoms with E-state index in [9.17, 15) is 18.3 Å². The number of hydrogen-bond acceptors (Lipinski definition) is 5. The molecule has 0 radical (unpaired) electrons. The summed E-state index contributed by atoms with van der Waals surface area (Å²) in [5.74, 6) is -1.66. The minimum atomic E-state index is -5.08. The van der Waals surface area contributed by atoms with Crippen LogP contribution in [0.15, 0.2) is 42.5 Å². The molecule has 1 aliphatic rings. The lowest BCUT2D eigenvalue weighted by Gasteiger charge is -2.14. The van der Waals surface area contributed by atoms with E-state index in [4.69, 9.17) is 14.6 Å². The van der Waals surface area contributed by atoms with Crippen molar-refractivity contribution in [1.29, 1.82) is 0 Å². The zero-order chi connectivity index (χ0) is 22.4. The zero-order valence-electron chi connectivity index (χ0n) is 16.7. The minimum absolute atomic E-state index is 0.288. The van der Waals surface area contributed by atoms with E-state index in [1.54, 1.807) is 0 Å². The van der Waals surface area contributed by atoms with E-state index in [0.29, 0.717) is 6.61 Å². The average molecular weight is 436 g/mol. The fourth-order valence-electron chi connectivity index (χ4n) is 3.42. The predicted octanol–water partition coefficient (Wildman–Crippen LogP) is 4.59. The molecule has 1 saturated heterocycles. The molecule has 2 aromatic carbocycles. The summed E-state index contributed by atoms with van der Waals surface area (Å²) in [6.45, 7) is 4.28. The third-order valence-corrected chi connectivity index (χ3v) is 4.95. The molecule has 4 rings (SSSR count). The van der Waals surface area contributed by atoms with E-state index in [1.807, 2.05) is 42.5 Å². The van der Waals surface area contributed by atoms with E-state index in [0.717, 1.165) is 40.5 Å². The zero-order valence-corrected chi connectivity index (χ0v) is 16.7. The molecular formula is C22H23F3N2O4. The molecule has 1 aliphatic heterocycles. The number of fused-ring (bicyclic) bond motifs is 2. The van der Waals surface area contributed by atoms with Crippen LogP contribution in [0.5, 0.6) is 11.5 Å². The van der Waals surface area contributed by atoms with Crippen molar-refractivity contribution in [3.8, 4) is 11.5 Å². The Kier molecular flexibility index (Phi) is 7.17. The number of rotatable bonds is 5. The first-order valence-corrected chi connectivity index (χ1v) is 9.92. The fraction of sp³-hybridized carbons (Fsp3) is 0.364. The van der Waals surface area contributed by atoms with E-state index < -0.39 is 12.1 Å². The number of carbonyl (C=O) groups is 1. The number of carboxylic acids is 1. The van der Waals surface area contributed by atoms with Crippen LogP contribution < -0.4 is 4.74 Å². The summed E-state index contributed by atoms with van der Waals surface area (Å²) >= 11 is 0. The first kappa shape index (κ1) is 22.6. The SMILES string of the molecule is O=C(O)C(F)(F)F.Oc1c2ccccc2nc2cc(OCCCN3CCCC3)ccc12. The van der Waals surface area contributed by atoms with E-state index >= 15 is 0 Å². The molecule has 166 valence electrons. The highest BCUT2D eigenvalue weighted by atomic mass is 19.4. The molecule has 1 fully saturated rings. The maximum Gasteiger partial charge on any atom is 0.490 e. The second-order valence-electron chi connectivity index (χ2n) is 7.21. The maximum absolute atomic E-state index is 10.6. The molecule has 1 aromatic heterocycles. The first-order chi connectivity index (χ1) is 14.8. The van der Waals surface area contributed by atoms with Crippen molar-refractivity contribution in [2.45, 2.75) is 25.4 Å². The van der Waals surface area contributed by atoms with Crippen LogP contribution >= 0.6 is 0 Å². The average Bonchev–Trinajstić information content (AvgIpc) is 3.25. The number of ether oxygens (including phenoxy) is 1. The molecule has 0 amide bonds. The van der Waals surface area contributed by atoms with Gasteiger partial charge < -0.3 is 19.8 Å². The highest BCUT2D eigenvalue weighted by molar-refractivity contribution is 6.00. The predicted molar refractivity (Wildman–Crippen MR) is 110 cm³/mol. The van der Waals surface area contributed by atoms with Crippen molar-refractivity contribution in [1.82, 2.24) is 9.88 Å². The molecule has 2 heterocycles. The van der Waals surface area contributed by atoms with Crippen molar-refractivity contribution in [3.63, 3.8) is 0 Å². The van der Waals surface area contributed by atoms with Gasteiger partial charge in [0.25, 0.3) is 0 Å². The minimum Gasteiger partial charge on any atom is -0.507 e. The molecule has 6 nitrogen and oxygen atoms in total. The van der Waals surface area contributed by atoms with Gasteiger partial charge in [0.1, 0.15) is 11.5 Å². The van der Waals surface area contributed by atoms with Crippen molar-refractivity contribution >= 4 is 27.8 Å². The Balaban J connectivity index is 0.000000339. The quantitative estimate of drug-likeness (QED) is 0.450. The molecule has 9 heteroatoms. The van der Waals surface area contributed by atoms with Crippen LogP contribution in [0.2, 0.25) is 0 Å². The van der Waals surface area contributed by atoms with Gasteiger partial charge in [-0.05, 0) is 56.6 Å². The van der Waals surface area contributed by atoms with Crippen molar-refractivity contribution in [3.05, 3.63) is 42.5 Å². The summed E-state index contributed by atoms with van der Waals surface area (Å²) < 4.78 is 37.6. The summed E-state index contributed by atoms with van der Waals surface area (Å²) in [4.78, 5) is 16.0. The first-order valence-electron chi connectivity index (χ1n) is 9.92. The number of nitrogens with zero attached hydrogens (tertiary/aromatic N) is 2. The Morgan fingerprint density at radius 1 is 1.06 bits per heavy atom. The van der Waals surface area contributed by atoms with Crippen molar-refractivity contribution < 1.29 is 32.9 Å². The lowest BCUT2D eigenvalue weighted by molar-refractivity contribution is -0.192. The third-order valence-electron chi connectivity index (χ3n) is 4.95. The molecule has 0 saturated carbocycles. The van der Waals surface area contributed by atoms with Crippen LogP contribution in [0.3, 0.4) is 0 Å². The Bertz CT molecular complexity index is 1050. The van der Waals surface area contributed by atoms with E-state index in [1.165, 1.54) is 25.9 Å². The number of aromatic hydroxyl groups is 1. The number of likely N-dealkylation sites (tertiary alicyclic amines) is 1. The van der Waals surface area contributed by atoms with Crippen LogP contribution in [0.1, 0.15) is 19.3 Å². The Morgan fingerprint density at radius 2 is 1.71 bits per heavy atom. The van der Waals surface area contributed by atoms with Gasteiger partial charge in [-0.15, -0.1) is 0 Å². The lowest BCUT2D eigenvalue weighted by atomic mass is 10.1. The monoisotopic (exact) mass is 436 g/mol. The molecule has 3 aromatic rings. The third kappa shape index (κ3) is 5.97. The van der Waals surface area contributed by atoms with Crippen LogP contribution in [-0.2, 0) is 4.79 Å². The highest BCUT2D eigenvalue weighted by Gasteiger charge is 2.38. The number of halogens is 3. The van der Waals surface area contributed by atoms with Crippen LogP contribution in [0, 0.1) is 0 Å². The van der Waals surface area contributed by atoms with Gasteiger partial charge in [-0.25, -0.2) is 9.78 Å². The van der Waals surface area contributed by atoms with Gasteiger partial charge >= 0.3 is 12.1 Å². The molecule has 0 bridgehead atoms. The number of carboxylic acid groups (broad SMARTS) is 1. The molecule has 31 heavy (non-hydrogen) atoms. The Morgan fingerprint density at radius 3 is 2.39 bits per heavy atom.